The lowest BCUT2D eigenvalue weighted by Crippen LogP contribution is -2.07. The minimum atomic E-state index is -0.650. The fraction of sp³-hybridized carbons (Fsp3) is 0.231. The average molecular weight is 339 g/mol. The predicted octanol–water partition coefficient (Wildman–Crippen LogP) is 3.22. The number of rotatable bonds is 5. The van der Waals surface area contributed by atoms with Gasteiger partial charge in [0.2, 0.25) is 0 Å². The Kier molecular flexibility index (Phi) is 5.87. The highest BCUT2D eigenvalue weighted by Crippen LogP contribution is 2.26. The molecule has 0 aliphatic heterocycles. The lowest BCUT2D eigenvalue weighted by atomic mass is 10.1. The Hall–Kier alpha value is -2.20. The van der Waals surface area contributed by atoms with Crippen molar-refractivity contribution in [3.05, 3.63) is 43.9 Å². The molecule has 0 atom stereocenters. The number of ether oxygens (including phenoxy) is 1. The van der Waals surface area contributed by atoms with Gasteiger partial charge in [-0.1, -0.05) is 15.9 Å². The summed E-state index contributed by atoms with van der Waals surface area (Å²) in [6.45, 7) is 1.81. The first-order valence-corrected chi connectivity index (χ1v) is 6.47. The summed E-state index contributed by atoms with van der Waals surface area (Å²) in [6.07, 6.45) is 1.13. The quantitative estimate of drug-likeness (QED) is 0.355. The molecule has 0 aliphatic carbocycles. The zero-order valence-corrected chi connectivity index (χ0v) is 12.2. The van der Waals surface area contributed by atoms with Gasteiger partial charge in [-0.05, 0) is 25.1 Å². The molecule has 0 fully saturated rings. The molecule has 7 heteroatoms. The second-order valence-corrected chi connectivity index (χ2v) is 4.60. The van der Waals surface area contributed by atoms with E-state index >= 15 is 0 Å². The molecule has 0 saturated carbocycles. The third-order valence-corrected chi connectivity index (χ3v) is 2.82. The molecule has 6 nitrogen and oxygen atoms in total. The van der Waals surface area contributed by atoms with Crippen LogP contribution in [0.25, 0.3) is 6.08 Å². The number of esters is 1. The lowest BCUT2D eigenvalue weighted by Gasteiger charge is -2.04. The van der Waals surface area contributed by atoms with E-state index in [0.29, 0.717) is 4.47 Å². The molecule has 0 bridgehead atoms. The van der Waals surface area contributed by atoms with Crippen LogP contribution in [0.15, 0.2) is 28.2 Å². The molecular weight excluding hydrogens is 328 g/mol. The van der Waals surface area contributed by atoms with E-state index in [1.54, 1.807) is 6.92 Å². The number of nitriles is 1. The molecule has 0 spiro atoms. The first-order chi connectivity index (χ1) is 9.49. The number of carbonyl (C=O) groups excluding carboxylic acids is 1. The second-order valence-electron chi connectivity index (χ2n) is 3.69. The van der Waals surface area contributed by atoms with E-state index in [9.17, 15) is 14.9 Å². The Balaban J connectivity index is 3.29. The average Bonchev–Trinajstić information content (AvgIpc) is 2.38. The molecule has 0 unspecified atom stereocenters. The number of halogens is 1. The van der Waals surface area contributed by atoms with Gasteiger partial charge < -0.3 is 4.74 Å². The van der Waals surface area contributed by atoms with E-state index in [0.717, 1.165) is 0 Å². The van der Waals surface area contributed by atoms with Crippen LogP contribution in [0.3, 0.4) is 0 Å². The summed E-state index contributed by atoms with van der Waals surface area (Å²) < 4.78 is 5.45. The molecule has 104 valence electrons. The summed E-state index contributed by atoms with van der Waals surface area (Å²) in [7, 11) is 0. The van der Waals surface area contributed by atoms with Crippen LogP contribution in [-0.2, 0) is 9.53 Å². The normalized spacial score (nSPS) is 10.8. The third kappa shape index (κ3) is 4.17. The minimum absolute atomic E-state index is 0.0792. The number of nitro groups is 1. The molecular formula is C13H11BrN2O4. The zero-order chi connectivity index (χ0) is 15.1. The Morgan fingerprint density at radius 2 is 2.30 bits per heavy atom. The molecule has 1 aromatic carbocycles. The molecule has 0 saturated heterocycles. The van der Waals surface area contributed by atoms with E-state index in [1.165, 1.54) is 24.3 Å². The van der Waals surface area contributed by atoms with E-state index in [4.69, 9.17) is 10.00 Å². The van der Waals surface area contributed by atoms with Crippen LogP contribution >= 0.6 is 15.9 Å². The van der Waals surface area contributed by atoms with Crippen molar-refractivity contribution in [2.24, 2.45) is 0 Å². The first-order valence-electron chi connectivity index (χ1n) is 5.68. The summed E-state index contributed by atoms with van der Waals surface area (Å²) in [4.78, 5) is 22.1. The smallest absolute Gasteiger partial charge is 0.335 e. The van der Waals surface area contributed by atoms with Gasteiger partial charge in [0.25, 0.3) is 5.69 Å². The summed E-state index contributed by atoms with van der Waals surface area (Å²) >= 11 is 3.21. The van der Waals surface area contributed by atoms with E-state index in [-0.39, 0.29) is 29.9 Å². The maximum atomic E-state index is 11.7. The SMILES string of the molecule is CCOC(=O)C(=Cc1cc(Br)ccc1[N+](=O)[O-])CC#N. The third-order valence-electron chi connectivity index (χ3n) is 2.32. The molecule has 0 aliphatic rings. The van der Waals surface area contributed by atoms with Gasteiger partial charge in [0.05, 0.1) is 35.2 Å². The van der Waals surface area contributed by atoms with Crippen molar-refractivity contribution in [1.82, 2.24) is 0 Å². The van der Waals surface area contributed by atoms with Crippen LogP contribution in [0.1, 0.15) is 18.9 Å². The van der Waals surface area contributed by atoms with Crippen LogP contribution in [0.4, 0.5) is 5.69 Å². The molecule has 0 heterocycles. The Morgan fingerprint density at radius 3 is 2.85 bits per heavy atom. The van der Waals surface area contributed by atoms with Crippen molar-refractivity contribution in [1.29, 1.82) is 5.26 Å². The van der Waals surface area contributed by atoms with Crippen molar-refractivity contribution < 1.29 is 14.5 Å². The second kappa shape index (κ2) is 7.40. The number of hydrogen-bond acceptors (Lipinski definition) is 5. The fourth-order valence-corrected chi connectivity index (χ4v) is 1.86. The van der Waals surface area contributed by atoms with Gasteiger partial charge in [-0.3, -0.25) is 10.1 Å². The van der Waals surface area contributed by atoms with Gasteiger partial charge >= 0.3 is 5.97 Å². The molecule has 0 radical (unpaired) electrons. The predicted molar refractivity (Wildman–Crippen MR) is 75.6 cm³/mol. The minimum Gasteiger partial charge on any atom is -0.463 e. The molecule has 20 heavy (non-hydrogen) atoms. The summed E-state index contributed by atoms with van der Waals surface area (Å²) in [5.41, 5.74) is 0.172. The molecule has 0 amide bonds. The van der Waals surface area contributed by atoms with Crippen LogP contribution in [0.5, 0.6) is 0 Å². The first kappa shape index (κ1) is 15.9. The molecule has 1 rings (SSSR count). The largest absolute Gasteiger partial charge is 0.463 e. The number of hydrogen-bond donors (Lipinski definition) is 0. The molecule has 0 N–H and O–H groups in total. The van der Waals surface area contributed by atoms with Crippen molar-refractivity contribution in [2.45, 2.75) is 13.3 Å². The van der Waals surface area contributed by atoms with Crippen LogP contribution in [0.2, 0.25) is 0 Å². The van der Waals surface area contributed by atoms with Gasteiger partial charge in [-0.25, -0.2) is 4.79 Å². The Bertz CT molecular complexity index is 605. The number of carbonyl (C=O) groups is 1. The highest BCUT2D eigenvalue weighted by Gasteiger charge is 2.16. The van der Waals surface area contributed by atoms with Crippen molar-refractivity contribution >= 4 is 33.7 Å². The van der Waals surface area contributed by atoms with Gasteiger partial charge in [-0.2, -0.15) is 5.26 Å². The molecule has 0 aromatic heterocycles. The maximum Gasteiger partial charge on any atom is 0.335 e. The lowest BCUT2D eigenvalue weighted by molar-refractivity contribution is -0.385. The monoisotopic (exact) mass is 338 g/mol. The Labute approximate surface area is 123 Å². The van der Waals surface area contributed by atoms with Crippen molar-refractivity contribution in [2.75, 3.05) is 6.61 Å². The van der Waals surface area contributed by atoms with Gasteiger partial charge in [0.15, 0.2) is 0 Å². The summed E-state index contributed by atoms with van der Waals surface area (Å²) in [6, 6.07) is 6.20. The highest BCUT2D eigenvalue weighted by molar-refractivity contribution is 9.10. The Morgan fingerprint density at radius 1 is 1.60 bits per heavy atom. The fourth-order valence-electron chi connectivity index (χ4n) is 1.49. The van der Waals surface area contributed by atoms with Gasteiger partial charge in [0.1, 0.15) is 0 Å². The van der Waals surface area contributed by atoms with Crippen LogP contribution in [0, 0.1) is 21.4 Å². The van der Waals surface area contributed by atoms with Crippen LogP contribution in [-0.4, -0.2) is 17.5 Å². The number of benzene rings is 1. The zero-order valence-electron chi connectivity index (χ0n) is 10.6. The van der Waals surface area contributed by atoms with Gasteiger partial charge in [-0.15, -0.1) is 0 Å². The van der Waals surface area contributed by atoms with Gasteiger partial charge in [0, 0.05) is 10.5 Å². The van der Waals surface area contributed by atoms with E-state index in [2.05, 4.69) is 15.9 Å². The van der Waals surface area contributed by atoms with Crippen molar-refractivity contribution in [3.63, 3.8) is 0 Å². The van der Waals surface area contributed by atoms with E-state index in [1.807, 2.05) is 6.07 Å². The topological polar surface area (TPSA) is 93.2 Å². The van der Waals surface area contributed by atoms with Crippen LogP contribution < -0.4 is 0 Å². The van der Waals surface area contributed by atoms with E-state index < -0.39 is 10.9 Å². The molecule has 1 aromatic rings. The van der Waals surface area contributed by atoms with Crippen molar-refractivity contribution in [3.8, 4) is 6.07 Å². The summed E-state index contributed by atoms with van der Waals surface area (Å²) in [5, 5.41) is 19.7. The number of nitrogens with zero attached hydrogens (tertiary/aromatic N) is 2. The maximum absolute atomic E-state index is 11.7. The highest BCUT2D eigenvalue weighted by atomic mass is 79.9. The standard InChI is InChI=1S/C13H11BrN2O4/c1-2-20-13(17)9(5-6-15)7-10-8-11(14)3-4-12(10)16(18)19/h3-4,7-8H,2,5H2,1H3. The summed E-state index contributed by atoms with van der Waals surface area (Å²) in [5.74, 6) is -0.650. The number of nitro benzene ring substituents is 1.